The third kappa shape index (κ3) is 9.57. The Morgan fingerprint density at radius 3 is 1.87 bits per heavy atom. The Labute approximate surface area is 450 Å². The van der Waals surface area contributed by atoms with Crippen molar-refractivity contribution in [3.05, 3.63) is 223 Å². The summed E-state index contributed by atoms with van der Waals surface area (Å²) in [5.41, 5.74) is 14.3. The van der Waals surface area contributed by atoms with Crippen LogP contribution in [0.15, 0.2) is 194 Å². The summed E-state index contributed by atoms with van der Waals surface area (Å²) >= 11 is 0. The fourth-order valence-electron chi connectivity index (χ4n) is 10.4. The van der Waals surface area contributed by atoms with Crippen molar-refractivity contribution in [2.24, 2.45) is 5.92 Å². The molecule has 0 radical (unpaired) electrons. The zero-order valence-corrected chi connectivity index (χ0v) is 45.1. The van der Waals surface area contributed by atoms with Crippen LogP contribution in [-0.2, 0) is 22.7 Å². The number of imidazole rings is 1. The van der Waals surface area contributed by atoms with Gasteiger partial charge in [-0.15, -0.1) is 0 Å². The normalized spacial score (nSPS) is 13.3. The van der Waals surface area contributed by atoms with Crippen LogP contribution in [0.5, 0.6) is 11.5 Å². The predicted molar refractivity (Wildman–Crippen MR) is 313 cm³/mol. The molecule has 11 aromatic rings. The van der Waals surface area contributed by atoms with E-state index in [1.54, 1.807) is 0 Å². The van der Waals surface area contributed by atoms with Crippen LogP contribution in [0.4, 0.5) is 0 Å². The largest absolute Gasteiger partial charge is 0.458 e. The lowest BCUT2D eigenvalue weighted by Gasteiger charge is -2.27. The van der Waals surface area contributed by atoms with Gasteiger partial charge in [0.05, 0.1) is 40.3 Å². The van der Waals surface area contributed by atoms with Crippen molar-refractivity contribution in [2.45, 2.75) is 98.8 Å². The zero-order valence-electron chi connectivity index (χ0n) is 50.1. The molecule has 75 heavy (non-hydrogen) atoms. The number of pyridine rings is 1. The minimum atomic E-state index is -0.439. The number of para-hydroxylation sites is 4. The van der Waals surface area contributed by atoms with Gasteiger partial charge >= 0.3 is 0 Å². The van der Waals surface area contributed by atoms with Gasteiger partial charge in [0.15, 0.2) is 0 Å². The van der Waals surface area contributed by atoms with Crippen LogP contribution >= 0.6 is 0 Å². The SMILES string of the molecule is [2H]c1c([2H])c([2H])c(-c2cccc(-c3cc(C(C)(C)C)cc(C(C)(C)C)c3)c2-[n+]2[c-]n(-c3cccc(Oc4ccc5c6ccccc6n(-c6cc(CC(C)C)c(-c7ccc(C(C)(C)C)cc7)cn6)c5c4)c3)c3ccccc32)c([2H])c1[2H]. The average Bonchev–Trinajstić information content (AvgIpc) is 4.19. The first kappa shape index (κ1) is 43.4. The summed E-state index contributed by atoms with van der Waals surface area (Å²) in [5.74, 6) is 2.56. The van der Waals surface area contributed by atoms with Gasteiger partial charge in [-0.25, -0.2) is 4.98 Å². The molecule has 0 fully saturated rings. The molecular weight excluding hydrogens is 913 g/mol. The molecule has 3 heterocycles. The second kappa shape index (κ2) is 19.0. The minimum absolute atomic E-state index is 0.0593. The third-order valence-electron chi connectivity index (χ3n) is 14.4. The molecule has 0 aliphatic carbocycles. The summed E-state index contributed by atoms with van der Waals surface area (Å²) in [4.78, 5) is 5.21. The molecule has 0 aliphatic rings. The lowest BCUT2D eigenvalue weighted by atomic mass is 9.78. The van der Waals surface area contributed by atoms with Crippen LogP contribution in [0.2, 0.25) is 0 Å². The molecule has 0 N–H and O–H groups in total. The minimum Gasteiger partial charge on any atom is -0.458 e. The maximum absolute atomic E-state index is 9.26. The quantitative estimate of drug-likeness (QED) is 0.101. The van der Waals surface area contributed by atoms with Crippen molar-refractivity contribution in [2.75, 3.05) is 0 Å². The van der Waals surface area contributed by atoms with Crippen molar-refractivity contribution < 1.29 is 16.2 Å². The maximum atomic E-state index is 9.26. The fraction of sp³-hybridized carbons (Fsp3) is 0.229. The molecule has 0 saturated carbocycles. The summed E-state index contributed by atoms with van der Waals surface area (Å²) in [6.07, 6.45) is 6.66. The van der Waals surface area contributed by atoms with E-state index >= 15 is 0 Å². The fourth-order valence-corrected chi connectivity index (χ4v) is 10.4. The molecule has 0 amide bonds. The smallest absolute Gasteiger partial charge is 0.269 e. The number of hydrogen-bond donors (Lipinski definition) is 0. The monoisotopic (exact) mass is 986 g/mol. The average molecular weight is 986 g/mol. The summed E-state index contributed by atoms with van der Waals surface area (Å²) < 4.78 is 57.7. The number of benzene rings is 8. The number of hydrogen-bond acceptors (Lipinski definition) is 2. The van der Waals surface area contributed by atoms with Gasteiger partial charge in [0.1, 0.15) is 17.3 Å². The zero-order chi connectivity index (χ0) is 56.7. The van der Waals surface area contributed by atoms with Crippen molar-refractivity contribution in [1.29, 1.82) is 0 Å². The number of rotatable bonds is 10. The summed E-state index contributed by atoms with van der Waals surface area (Å²) in [6.45, 7) is 24.5. The first-order valence-electron chi connectivity index (χ1n) is 28.7. The first-order valence-corrected chi connectivity index (χ1v) is 26.2. The van der Waals surface area contributed by atoms with E-state index in [1.807, 2.05) is 82.1 Å². The van der Waals surface area contributed by atoms with E-state index in [9.17, 15) is 2.74 Å². The van der Waals surface area contributed by atoms with Gasteiger partial charge in [0, 0.05) is 28.6 Å². The molecule has 0 aliphatic heterocycles. The number of aromatic nitrogens is 4. The lowest BCUT2D eigenvalue weighted by Crippen LogP contribution is -2.31. The van der Waals surface area contributed by atoms with Crippen LogP contribution in [0.3, 0.4) is 0 Å². The second-order valence-electron chi connectivity index (χ2n) is 23.5. The highest BCUT2D eigenvalue weighted by Gasteiger charge is 2.25. The maximum Gasteiger partial charge on any atom is 0.269 e. The summed E-state index contributed by atoms with van der Waals surface area (Å²) in [6, 6.07) is 52.7. The molecule has 374 valence electrons. The van der Waals surface area contributed by atoms with Crippen LogP contribution in [0.25, 0.3) is 83.4 Å². The van der Waals surface area contributed by atoms with Gasteiger partial charge in [0.25, 0.3) is 6.33 Å². The van der Waals surface area contributed by atoms with Crippen LogP contribution in [0, 0.1) is 12.2 Å². The molecule has 5 nitrogen and oxygen atoms in total. The highest BCUT2D eigenvalue weighted by atomic mass is 16.5. The molecule has 3 aromatic heterocycles. The van der Waals surface area contributed by atoms with Gasteiger partial charge in [-0.1, -0.05) is 216 Å². The Hall–Kier alpha value is -8.02. The molecule has 8 aromatic carbocycles. The second-order valence-corrected chi connectivity index (χ2v) is 23.5. The van der Waals surface area contributed by atoms with E-state index in [-0.39, 0.29) is 33.9 Å². The van der Waals surface area contributed by atoms with E-state index in [0.29, 0.717) is 28.7 Å². The van der Waals surface area contributed by atoms with Crippen LogP contribution < -0.4 is 9.30 Å². The Balaban J connectivity index is 1.04. The van der Waals surface area contributed by atoms with E-state index in [1.165, 1.54) is 11.1 Å². The topological polar surface area (TPSA) is 35.9 Å². The van der Waals surface area contributed by atoms with Crippen molar-refractivity contribution in [3.8, 4) is 62.1 Å². The number of nitrogens with zero attached hydrogens (tertiary/aromatic N) is 4. The molecule has 0 unspecified atom stereocenters. The molecule has 0 bridgehead atoms. The standard InChI is InChI=1S/C70H68N4O/c1-46(2)37-49-40-66(71-44-61(49)48-31-33-51(34-32-48)68(3,4)5)74-62-28-16-15-25-59(62)60-36-35-56(43-65(60)74)75-55-24-19-23-54(42-55)72-45-73(64-30-18-17-29-63(64)72)67-57(47-21-13-12-14-22-47)26-20-27-58(67)50-38-52(69(6,7)8)41-53(39-50)70(9,10)11/h12-36,38-44,46H,37H2,1-11H3/i12D,13D,14D,21D,22D. The van der Waals surface area contributed by atoms with Gasteiger partial charge < -0.3 is 4.74 Å². The van der Waals surface area contributed by atoms with Crippen molar-refractivity contribution in [3.63, 3.8) is 0 Å². The number of ether oxygens (including phenoxy) is 1. The first-order chi connectivity index (χ1) is 38.0. The van der Waals surface area contributed by atoms with Gasteiger partial charge in [-0.2, -0.15) is 0 Å². The Bertz CT molecular complexity index is 4160. The lowest BCUT2D eigenvalue weighted by molar-refractivity contribution is -0.571. The van der Waals surface area contributed by atoms with Crippen molar-refractivity contribution >= 4 is 32.8 Å². The Kier molecular flexibility index (Phi) is 11.0. The molecule has 0 atom stereocenters. The van der Waals surface area contributed by atoms with Crippen LogP contribution in [-0.4, -0.2) is 14.1 Å². The predicted octanol–water partition coefficient (Wildman–Crippen LogP) is 18.1. The molecule has 0 spiro atoms. The Morgan fingerprint density at radius 1 is 0.547 bits per heavy atom. The van der Waals surface area contributed by atoms with Gasteiger partial charge in [-0.3, -0.25) is 13.7 Å². The van der Waals surface area contributed by atoms with E-state index in [2.05, 4.69) is 178 Å². The summed E-state index contributed by atoms with van der Waals surface area (Å²) in [7, 11) is 0. The van der Waals surface area contributed by atoms with Crippen LogP contribution in [0.1, 0.15) is 105 Å². The van der Waals surface area contributed by atoms with Gasteiger partial charge in [-0.05, 0) is 121 Å². The van der Waals surface area contributed by atoms with Crippen molar-refractivity contribution in [1.82, 2.24) is 14.1 Å². The Morgan fingerprint density at radius 2 is 1.17 bits per heavy atom. The van der Waals surface area contributed by atoms with Gasteiger partial charge in [0.2, 0.25) is 0 Å². The van der Waals surface area contributed by atoms with E-state index < -0.39 is 18.1 Å². The highest BCUT2D eigenvalue weighted by molar-refractivity contribution is 6.09. The molecule has 11 rings (SSSR count). The van der Waals surface area contributed by atoms with E-state index in [0.717, 1.165) is 84.1 Å². The molecule has 5 heteroatoms. The summed E-state index contributed by atoms with van der Waals surface area (Å²) in [5, 5.41) is 2.22. The van der Waals surface area contributed by atoms with E-state index in [4.69, 9.17) is 13.8 Å². The molecular formula is C70H68N4O. The molecule has 0 saturated heterocycles. The third-order valence-corrected chi connectivity index (χ3v) is 14.4. The highest BCUT2D eigenvalue weighted by Crippen LogP contribution is 2.41. The number of fused-ring (bicyclic) bond motifs is 4.